The Bertz CT molecular complexity index is 458. The van der Waals surface area contributed by atoms with E-state index in [9.17, 15) is 0 Å². The predicted octanol–water partition coefficient (Wildman–Crippen LogP) is 2.44. The molecule has 17 heavy (non-hydrogen) atoms. The summed E-state index contributed by atoms with van der Waals surface area (Å²) < 4.78 is 0. The van der Waals surface area contributed by atoms with Crippen molar-refractivity contribution in [1.82, 2.24) is 5.32 Å². The number of guanidine groups is 2. The summed E-state index contributed by atoms with van der Waals surface area (Å²) in [6.07, 6.45) is 0. The molecular formula is C10H13Cl2N5. The lowest BCUT2D eigenvalue weighted by atomic mass is 10.1. The molecule has 92 valence electrons. The number of nitrogens with two attached hydrogens (primary N) is 1. The second-order valence-electron chi connectivity index (χ2n) is 3.55. The highest BCUT2D eigenvalue weighted by Gasteiger charge is 2.12. The molecule has 0 fully saturated rings. The first kappa shape index (κ1) is 13.6. The van der Waals surface area contributed by atoms with Crippen LogP contribution < -0.4 is 16.4 Å². The van der Waals surface area contributed by atoms with Crippen LogP contribution in [0.5, 0.6) is 0 Å². The third-order valence-electron chi connectivity index (χ3n) is 2.07. The van der Waals surface area contributed by atoms with E-state index in [0.29, 0.717) is 15.7 Å². The maximum absolute atomic E-state index is 7.53. The first-order valence-corrected chi connectivity index (χ1v) is 5.50. The van der Waals surface area contributed by atoms with Crippen LogP contribution in [0.25, 0.3) is 0 Å². The topological polar surface area (TPSA) is 97.8 Å². The standard InChI is InChI=1S/C10H13Cl2N5/c1-4-3-5(2)7(12)8(6(4)11)16-10(15)17-9(13)14/h3H,1-2H3,(H6,13,14,15,16,17). The third kappa shape index (κ3) is 3.25. The number of benzene rings is 1. The monoisotopic (exact) mass is 273 g/mol. The number of hydrogen-bond donors (Lipinski definition) is 5. The van der Waals surface area contributed by atoms with E-state index in [1.54, 1.807) is 0 Å². The Hall–Kier alpha value is -1.46. The van der Waals surface area contributed by atoms with Crippen molar-refractivity contribution in [2.45, 2.75) is 13.8 Å². The van der Waals surface area contributed by atoms with Gasteiger partial charge < -0.3 is 11.1 Å². The minimum atomic E-state index is -0.334. The van der Waals surface area contributed by atoms with Crippen molar-refractivity contribution in [3.05, 3.63) is 27.2 Å². The molecular weight excluding hydrogens is 261 g/mol. The minimum Gasteiger partial charge on any atom is -0.370 e. The van der Waals surface area contributed by atoms with Crippen LogP contribution in [0.4, 0.5) is 5.69 Å². The summed E-state index contributed by atoms with van der Waals surface area (Å²) in [6.45, 7) is 3.69. The van der Waals surface area contributed by atoms with Gasteiger partial charge in [0, 0.05) is 0 Å². The fraction of sp³-hybridized carbons (Fsp3) is 0.200. The van der Waals surface area contributed by atoms with Gasteiger partial charge in [0.25, 0.3) is 0 Å². The zero-order valence-electron chi connectivity index (χ0n) is 9.41. The molecule has 6 N–H and O–H groups in total. The molecule has 1 aromatic rings. The van der Waals surface area contributed by atoms with Gasteiger partial charge in [-0.2, -0.15) is 0 Å². The highest BCUT2D eigenvalue weighted by Crippen LogP contribution is 2.35. The summed E-state index contributed by atoms with van der Waals surface area (Å²) >= 11 is 12.2. The Balaban J connectivity index is 3.06. The molecule has 0 radical (unpaired) electrons. The van der Waals surface area contributed by atoms with Crippen LogP contribution in [0.2, 0.25) is 10.0 Å². The zero-order valence-corrected chi connectivity index (χ0v) is 10.9. The predicted molar refractivity (Wildman–Crippen MR) is 72.3 cm³/mol. The van der Waals surface area contributed by atoms with E-state index in [-0.39, 0.29) is 11.9 Å². The van der Waals surface area contributed by atoms with E-state index >= 15 is 0 Å². The second kappa shape index (κ2) is 5.25. The van der Waals surface area contributed by atoms with Crippen molar-refractivity contribution in [2.75, 3.05) is 5.32 Å². The number of anilines is 1. The van der Waals surface area contributed by atoms with Gasteiger partial charge in [-0.3, -0.25) is 16.1 Å². The summed E-state index contributed by atoms with van der Waals surface area (Å²) in [5, 5.41) is 20.4. The molecule has 0 saturated carbocycles. The SMILES string of the molecule is Cc1cc(C)c(Cl)c(NC(=N)NC(=N)N)c1Cl. The van der Waals surface area contributed by atoms with Crippen molar-refractivity contribution < 1.29 is 0 Å². The van der Waals surface area contributed by atoms with Crippen LogP contribution in [0.1, 0.15) is 11.1 Å². The van der Waals surface area contributed by atoms with Crippen LogP contribution >= 0.6 is 23.2 Å². The quantitative estimate of drug-likeness (QED) is 0.402. The van der Waals surface area contributed by atoms with Crippen LogP contribution in [0.15, 0.2) is 6.07 Å². The summed E-state index contributed by atoms with van der Waals surface area (Å²) in [5.74, 6) is -0.495. The molecule has 0 spiro atoms. The van der Waals surface area contributed by atoms with Crippen molar-refractivity contribution in [3.8, 4) is 0 Å². The lowest BCUT2D eigenvalue weighted by Gasteiger charge is -2.15. The normalized spacial score (nSPS) is 9.88. The van der Waals surface area contributed by atoms with E-state index in [0.717, 1.165) is 11.1 Å². The van der Waals surface area contributed by atoms with Crippen LogP contribution in [0, 0.1) is 24.7 Å². The molecule has 7 heteroatoms. The first-order chi connectivity index (χ1) is 7.82. The Morgan fingerprint density at radius 1 is 1.18 bits per heavy atom. The maximum Gasteiger partial charge on any atom is 0.199 e. The van der Waals surface area contributed by atoms with Crippen molar-refractivity contribution >= 4 is 40.8 Å². The van der Waals surface area contributed by atoms with Gasteiger partial charge in [0.15, 0.2) is 11.9 Å². The minimum absolute atomic E-state index is 0.161. The Morgan fingerprint density at radius 3 is 2.06 bits per heavy atom. The van der Waals surface area contributed by atoms with Gasteiger partial charge in [0.2, 0.25) is 0 Å². The molecule has 0 atom stereocenters. The lowest BCUT2D eigenvalue weighted by molar-refractivity contribution is 1.20. The van der Waals surface area contributed by atoms with Gasteiger partial charge in [-0.15, -0.1) is 0 Å². The molecule has 1 rings (SSSR count). The fourth-order valence-corrected chi connectivity index (χ4v) is 1.78. The number of aryl methyl sites for hydroxylation is 2. The molecule has 0 aliphatic rings. The summed E-state index contributed by atoms with van der Waals surface area (Å²) in [7, 11) is 0. The molecule has 0 saturated heterocycles. The van der Waals surface area contributed by atoms with Crippen molar-refractivity contribution in [3.63, 3.8) is 0 Å². The molecule has 1 aromatic carbocycles. The first-order valence-electron chi connectivity index (χ1n) is 4.74. The Labute approximate surface area is 109 Å². The largest absolute Gasteiger partial charge is 0.370 e. The number of hydrogen-bond acceptors (Lipinski definition) is 2. The highest BCUT2D eigenvalue weighted by molar-refractivity contribution is 6.40. The van der Waals surface area contributed by atoms with Gasteiger partial charge in [-0.1, -0.05) is 29.3 Å². The highest BCUT2D eigenvalue weighted by atomic mass is 35.5. The van der Waals surface area contributed by atoms with Gasteiger partial charge in [0.1, 0.15) is 0 Å². The summed E-state index contributed by atoms with van der Waals surface area (Å²) in [6, 6.07) is 1.86. The van der Waals surface area contributed by atoms with E-state index in [1.807, 2.05) is 19.9 Å². The molecule has 0 aliphatic heterocycles. The van der Waals surface area contributed by atoms with Gasteiger partial charge in [-0.05, 0) is 25.0 Å². The third-order valence-corrected chi connectivity index (χ3v) is 3.05. The van der Waals surface area contributed by atoms with E-state index < -0.39 is 0 Å². The van der Waals surface area contributed by atoms with Gasteiger partial charge >= 0.3 is 0 Å². The average Bonchev–Trinajstić information content (AvgIpc) is 2.20. The maximum atomic E-state index is 7.53. The molecule has 0 amide bonds. The van der Waals surface area contributed by atoms with Crippen molar-refractivity contribution in [1.29, 1.82) is 10.8 Å². The zero-order chi connectivity index (χ0) is 13.2. The Kier molecular flexibility index (Phi) is 4.20. The molecule has 0 heterocycles. The lowest BCUT2D eigenvalue weighted by Crippen LogP contribution is -2.39. The van der Waals surface area contributed by atoms with Crippen molar-refractivity contribution in [2.24, 2.45) is 5.73 Å². The van der Waals surface area contributed by atoms with Gasteiger partial charge in [0.05, 0.1) is 15.7 Å². The number of rotatable bonds is 1. The number of nitrogens with one attached hydrogen (secondary N) is 4. The smallest absolute Gasteiger partial charge is 0.199 e. The summed E-state index contributed by atoms with van der Waals surface area (Å²) in [5.41, 5.74) is 7.25. The Morgan fingerprint density at radius 2 is 1.65 bits per heavy atom. The molecule has 0 bridgehead atoms. The molecule has 0 aliphatic carbocycles. The molecule has 5 nitrogen and oxygen atoms in total. The molecule has 0 aromatic heterocycles. The van der Waals surface area contributed by atoms with Gasteiger partial charge in [-0.25, -0.2) is 0 Å². The number of halogens is 2. The van der Waals surface area contributed by atoms with Crippen LogP contribution in [-0.2, 0) is 0 Å². The second-order valence-corrected chi connectivity index (χ2v) is 4.31. The van der Waals surface area contributed by atoms with Crippen LogP contribution in [-0.4, -0.2) is 11.9 Å². The van der Waals surface area contributed by atoms with Crippen LogP contribution in [0.3, 0.4) is 0 Å². The fourth-order valence-electron chi connectivity index (χ4n) is 1.34. The summed E-state index contributed by atoms with van der Waals surface area (Å²) in [4.78, 5) is 0. The molecule has 0 unspecified atom stereocenters. The van der Waals surface area contributed by atoms with E-state index in [1.165, 1.54) is 0 Å². The average molecular weight is 274 g/mol. The van der Waals surface area contributed by atoms with E-state index in [2.05, 4.69) is 10.6 Å². The van der Waals surface area contributed by atoms with E-state index in [4.69, 9.17) is 39.8 Å².